The number of rotatable bonds is 6. The summed E-state index contributed by atoms with van der Waals surface area (Å²) in [4.78, 5) is 12.0. The molecule has 0 aliphatic heterocycles. The maximum absolute atomic E-state index is 12.0. The molecule has 1 rings (SSSR count). The van der Waals surface area contributed by atoms with Gasteiger partial charge in [-0.3, -0.25) is 4.79 Å². The van der Waals surface area contributed by atoms with Crippen LogP contribution in [0, 0.1) is 0 Å². The monoisotopic (exact) mass is 304 g/mol. The molecule has 0 aliphatic carbocycles. The van der Waals surface area contributed by atoms with Crippen LogP contribution in [0.15, 0.2) is 18.2 Å². The van der Waals surface area contributed by atoms with Crippen molar-refractivity contribution < 1.29 is 9.53 Å². The Bertz CT molecular complexity index is 441. The first-order valence-electron chi connectivity index (χ1n) is 5.95. The smallest absolute Gasteiger partial charge is 0.241 e. The van der Waals surface area contributed by atoms with E-state index in [-0.39, 0.29) is 18.0 Å². The van der Waals surface area contributed by atoms with Gasteiger partial charge in [-0.05, 0) is 32.0 Å². The summed E-state index contributed by atoms with van der Waals surface area (Å²) >= 11 is 11.8. The average Bonchev–Trinajstić information content (AvgIpc) is 2.34. The van der Waals surface area contributed by atoms with Crippen molar-refractivity contribution in [3.05, 3.63) is 28.2 Å². The van der Waals surface area contributed by atoms with Gasteiger partial charge in [-0.1, -0.05) is 23.2 Å². The van der Waals surface area contributed by atoms with Gasteiger partial charge in [-0.2, -0.15) is 0 Å². The molecule has 19 heavy (non-hydrogen) atoms. The molecule has 0 saturated heterocycles. The highest BCUT2D eigenvalue weighted by atomic mass is 35.5. The van der Waals surface area contributed by atoms with Crippen LogP contribution in [-0.2, 0) is 9.53 Å². The van der Waals surface area contributed by atoms with Crippen molar-refractivity contribution in [2.45, 2.75) is 25.9 Å². The zero-order valence-electron chi connectivity index (χ0n) is 11.2. The molecule has 106 valence electrons. The topological polar surface area (TPSA) is 50.4 Å². The number of methoxy groups -OCH3 is 1. The highest BCUT2D eigenvalue weighted by Gasteiger charge is 2.16. The van der Waals surface area contributed by atoms with Crippen molar-refractivity contribution >= 4 is 34.8 Å². The highest BCUT2D eigenvalue weighted by molar-refractivity contribution is 6.35. The van der Waals surface area contributed by atoms with E-state index in [1.807, 2.05) is 6.92 Å². The molecule has 1 amide bonds. The highest BCUT2D eigenvalue weighted by Crippen LogP contribution is 2.25. The SMILES string of the molecule is COC[C@H](C)N[C@H](C)C(=O)Nc1cc(Cl)ccc1Cl. The summed E-state index contributed by atoms with van der Waals surface area (Å²) in [6.45, 7) is 4.26. The van der Waals surface area contributed by atoms with Gasteiger partial charge < -0.3 is 15.4 Å². The minimum absolute atomic E-state index is 0.0839. The minimum atomic E-state index is -0.361. The number of halogens is 2. The molecule has 0 heterocycles. The second-order valence-corrected chi connectivity index (χ2v) is 5.20. The summed E-state index contributed by atoms with van der Waals surface area (Å²) in [5.74, 6) is -0.174. The van der Waals surface area contributed by atoms with Gasteiger partial charge in [0.15, 0.2) is 0 Å². The van der Waals surface area contributed by atoms with Crippen molar-refractivity contribution in [3.63, 3.8) is 0 Å². The standard InChI is InChI=1S/C13H18Cl2N2O2/c1-8(7-19-3)16-9(2)13(18)17-12-6-10(14)4-5-11(12)15/h4-6,8-9,16H,7H2,1-3H3,(H,17,18)/t8-,9+/m0/s1. The zero-order chi connectivity index (χ0) is 14.4. The predicted molar refractivity (Wildman–Crippen MR) is 79.0 cm³/mol. The molecule has 4 nitrogen and oxygen atoms in total. The van der Waals surface area contributed by atoms with Crippen LogP contribution in [0.4, 0.5) is 5.69 Å². The lowest BCUT2D eigenvalue weighted by atomic mass is 10.2. The lowest BCUT2D eigenvalue weighted by Gasteiger charge is -2.19. The van der Waals surface area contributed by atoms with Crippen LogP contribution in [-0.4, -0.2) is 31.7 Å². The van der Waals surface area contributed by atoms with Crippen LogP contribution < -0.4 is 10.6 Å². The molecule has 0 saturated carbocycles. The van der Waals surface area contributed by atoms with Gasteiger partial charge in [0, 0.05) is 18.2 Å². The first-order valence-corrected chi connectivity index (χ1v) is 6.70. The first-order chi connectivity index (χ1) is 8.93. The van der Waals surface area contributed by atoms with Crippen molar-refractivity contribution in [2.75, 3.05) is 19.0 Å². The summed E-state index contributed by atoms with van der Waals surface area (Å²) in [5, 5.41) is 6.84. The normalized spacial score (nSPS) is 13.9. The summed E-state index contributed by atoms with van der Waals surface area (Å²) < 4.78 is 5.00. The van der Waals surface area contributed by atoms with Crippen LogP contribution in [0.25, 0.3) is 0 Å². The molecule has 0 spiro atoms. The number of nitrogens with one attached hydrogen (secondary N) is 2. The molecular weight excluding hydrogens is 287 g/mol. The van der Waals surface area contributed by atoms with Gasteiger partial charge in [0.05, 0.1) is 23.4 Å². The molecule has 0 bridgehead atoms. The Balaban J connectivity index is 2.61. The molecule has 0 radical (unpaired) electrons. The van der Waals surface area contributed by atoms with Gasteiger partial charge in [-0.15, -0.1) is 0 Å². The summed E-state index contributed by atoms with van der Waals surface area (Å²) in [6, 6.07) is 4.65. The number of carbonyl (C=O) groups is 1. The molecule has 0 fully saturated rings. The number of hydrogen-bond acceptors (Lipinski definition) is 3. The van der Waals surface area contributed by atoms with Gasteiger partial charge in [0.2, 0.25) is 5.91 Å². The van der Waals surface area contributed by atoms with Crippen LogP contribution in [0.2, 0.25) is 10.0 Å². The van der Waals surface area contributed by atoms with E-state index in [1.165, 1.54) is 0 Å². The van der Waals surface area contributed by atoms with Crippen molar-refractivity contribution in [1.29, 1.82) is 0 Å². The Morgan fingerprint density at radius 1 is 1.37 bits per heavy atom. The third kappa shape index (κ3) is 5.37. The fourth-order valence-electron chi connectivity index (χ4n) is 1.63. The molecule has 6 heteroatoms. The summed E-state index contributed by atoms with van der Waals surface area (Å²) in [6.07, 6.45) is 0. The van der Waals surface area contributed by atoms with Gasteiger partial charge in [-0.25, -0.2) is 0 Å². The van der Waals surface area contributed by atoms with Crippen LogP contribution in [0.1, 0.15) is 13.8 Å². The number of amides is 1. The maximum atomic E-state index is 12.0. The number of benzene rings is 1. The fraction of sp³-hybridized carbons (Fsp3) is 0.462. The van der Waals surface area contributed by atoms with E-state index < -0.39 is 0 Å². The molecular formula is C13H18Cl2N2O2. The number of ether oxygens (including phenoxy) is 1. The predicted octanol–water partition coefficient (Wildman–Crippen LogP) is 2.94. The zero-order valence-corrected chi connectivity index (χ0v) is 12.7. The summed E-state index contributed by atoms with van der Waals surface area (Å²) in [5.41, 5.74) is 0.507. The second-order valence-electron chi connectivity index (χ2n) is 4.36. The molecule has 2 N–H and O–H groups in total. The van der Waals surface area contributed by atoms with E-state index in [0.717, 1.165) is 0 Å². The molecule has 1 aromatic carbocycles. The third-order valence-corrected chi connectivity index (χ3v) is 3.10. The van der Waals surface area contributed by atoms with E-state index in [2.05, 4.69) is 10.6 Å². The first kappa shape index (κ1) is 16.2. The molecule has 1 aromatic rings. The van der Waals surface area contributed by atoms with E-state index >= 15 is 0 Å². The minimum Gasteiger partial charge on any atom is -0.383 e. The van der Waals surface area contributed by atoms with Gasteiger partial charge in [0.1, 0.15) is 0 Å². The maximum Gasteiger partial charge on any atom is 0.241 e. The van der Waals surface area contributed by atoms with Crippen molar-refractivity contribution in [1.82, 2.24) is 5.32 Å². The number of anilines is 1. The van der Waals surface area contributed by atoms with Crippen LogP contribution in [0.5, 0.6) is 0 Å². The van der Waals surface area contributed by atoms with E-state index in [4.69, 9.17) is 27.9 Å². The third-order valence-electron chi connectivity index (χ3n) is 2.53. The Labute approximate surface area is 123 Å². The second kappa shape index (κ2) is 7.70. The van der Waals surface area contributed by atoms with Gasteiger partial charge in [0.25, 0.3) is 0 Å². The van der Waals surface area contributed by atoms with E-state index in [9.17, 15) is 4.79 Å². The number of carbonyl (C=O) groups excluding carboxylic acids is 1. The number of hydrogen-bond donors (Lipinski definition) is 2. The van der Waals surface area contributed by atoms with Crippen LogP contribution >= 0.6 is 23.2 Å². The Morgan fingerprint density at radius 2 is 2.05 bits per heavy atom. The fourth-order valence-corrected chi connectivity index (χ4v) is 1.97. The average molecular weight is 305 g/mol. The molecule has 0 aliphatic rings. The van der Waals surface area contributed by atoms with Gasteiger partial charge >= 0.3 is 0 Å². The summed E-state index contributed by atoms with van der Waals surface area (Å²) in [7, 11) is 1.62. The van der Waals surface area contributed by atoms with Crippen LogP contribution in [0.3, 0.4) is 0 Å². The quantitative estimate of drug-likeness (QED) is 0.849. The van der Waals surface area contributed by atoms with E-state index in [0.29, 0.717) is 22.3 Å². The largest absolute Gasteiger partial charge is 0.383 e. The Kier molecular flexibility index (Phi) is 6.58. The Hall–Kier alpha value is -0.810. The Morgan fingerprint density at radius 3 is 2.68 bits per heavy atom. The van der Waals surface area contributed by atoms with Crippen molar-refractivity contribution in [3.8, 4) is 0 Å². The molecule has 2 atom stereocenters. The molecule has 0 aromatic heterocycles. The lowest BCUT2D eigenvalue weighted by Crippen LogP contribution is -2.44. The molecule has 0 unspecified atom stereocenters. The van der Waals surface area contributed by atoms with E-state index in [1.54, 1.807) is 32.2 Å². The van der Waals surface area contributed by atoms with Crippen molar-refractivity contribution in [2.24, 2.45) is 0 Å². The lowest BCUT2D eigenvalue weighted by molar-refractivity contribution is -0.118.